The van der Waals surface area contributed by atoms with E-state index in [2.05, 4.69) is 37.4 Å². The van der Waals surface area contributed by atoms with E-state index in [0.717, 1.165) is 32.8 Å². The van der Waals surface area contributed by atoms with Gasteiger partial charge in [0.05, 0.1) is 6.61 Å². The van der Waals surface area contributed by atoms with E-state index in [-0.39, 0.29) is 0 Å². The molecule has 0 saturated carbocycles. The lowest BCUT2D eigenvalue weighted by molar-refractivity contribution is -0.0260. The first-order valence-corrected chi connectivity index (χ1v) is 9.00. The minimum absolute atomic E-state index is 0.314. The van der Waals surface area contributed by atoms with Gasteiger partial charge in [-0.1, -0.05) is 6.92 Å². The van der Waals surface area contributed by atoms with E-state index in [4.69, 9.17) is 4.74 Å². The molecule has 19 heavy (non-hydrogen) atoms. The normalized spacial score (nSPS) is 25.7. The molecule has 0 radical (unpaired) electrons. The van der Waals surface area contributed by atoms with Crippen molar-refractivity contribution >= 4 is 11.8 Å². The second-order valence-corrected chi connectivity index (χ2v) is 6.96. The third kappa shape index (κ3) is 6.03. The molecule has 1 rings (SSSR count). The predicted octanol–water partition coefficient (Wildman–Crippen LogP) is 2.47. The van der Waals surface area contributed by atoms with Crippen LogP contribution >= 0.6 is 11.8 Å². The quantitative estimate of drug-likeness (QED) is 0.659. The highest BCUT2D eigenvalue weighted by molar-refractivity contribution is 7.98. The van der Waals surface area contributed by atoms with Crippen LogP contribution in [0.2, 0.25) is 0 Å². The lowest BCUT2D eigenvalue weighted by atomic mass is 9.81. The second-order valence-electron chi connectivity index (χ2n) is 6.05. The van der Waals surface area contributed by atoms with Crippen LogP contribution in [-0.2, 0) is 4.74 Å². The molecule has 2 unspecified atom stereocenters. The molecule has 0 spiro atoms. The second kappa shape index (κ2) is 9.22. The summed E-state index contributed by atoms with van der Waals surface area (Å²) in [5, 5.41) is 3.61. The summed E-state index contributed by atoms with van der Waals surface area (Å²) in [5.74, 6) is 1.20. The Balaban J connectivity index is 2.52. The van der Waals surface area contributed by atoms with Crippen LogP contribution in [0.1, 0.15) is 33.1 Å². The number of nitrogens with zero attached hydrogens (tertiary/aromatic N) is 1. The third-order valence-electron chi connectivity index (χ3n) is 4.08. The van der Waals surface area contributed by atoms with Gasteiger partial charge in [-0.2, -0.15) is 11.8 Å². The number of nitrogens with one attached hydrogen (secondary N) is 1. The van der Waals surface area contributed by atoms with Crippen LogP contribution in [0.4, 0.5) is 0 Å². The molecule has 1 aliphatic rings. The molecule has 0 amide bonds. The summed E-state index contributed by atoms with van der Waals surface area (Å²) in [6, 6.07) is 0.639. The summed E-state index contributed by atoms with van der Waals surface area (Å²) in [5.41, 5.74) is 0.314. The van der Waals surface area contributed by atoms with Crippen molar-refractivity contribution in [2.75, 3.05) is 51.9 Å². The fourth-order valence-corrected chi connectivity index (χ4v) is 3.55. The number of thioether (sulfide) groups is 1. The van der Waals surface area contributed by atoms with Crippen LogP contribution in [0.25, 0.3) is 0 Å². The molecular weight excluding hydrogens is 256 g/mol. The maximum atomic E-state index is 5.78. The summed E-state index contributed by atoms with van der Waals surface area (Å²) >= 11 is 1.93. The lowest BCUT2D eigenvalue weighted by Crippen LogP contribution is -2.50. The molecule has 1 heterocycles. The van der Waals surface area contributed by atoms with E-state index in [1.807, 2.05) is 11.8 Å². The highest BCUT2D eigenvalue weighted by Gasteiger charge is 2.34. The molecule has 4 heteroatoms. The monoisotopic (exact) mass is 288 g/mol. The van der Waals surface area contributed by atoms with Crippen LogP contribution in [0, 0.1) is 5.41 Å². The molecule has 0 bridgehead atoms. The molecule has 0 aromatic rings. The zero-order valence-corrected chi connectivity index (χ0v) is 14.0. The maximum absolute atomic E-state index is 5.78. The molecule has 3 nitrogen and oxygen atoms in total. The first-order valence-electron chi connectivity index (χ1n) is 7.61. The van der Waals surface area contributed by atoms with E-state index in [1.165, 1.54) is 25.0 Å². The summed E-state index contributed by atoms with van der Waals surface area (Å²) in [7, 11) is 2.26. The van der Waals surface area contributed by atoms with Gasteiger partial charge < -0.3 is 15.0 Å². The van der Waals surface area contributed by atoms with E-state index in [1.54, 1.807) is 0 Å². The van der Waals surface area contributed by atoms with Crippen molar-refractivity contribution in [3.63, 3.8) is 0 Å². The highest BCUT2D eigenvalue weighted by Crippen LogP contribution is 2.29. The van der Waals surface area contributed by atoms with Crippen LogP contribution in [0.15, 0.2) is 0 Å². The molecule has 1 N–H and O–H groups in total. The van der Waals surface area contributed by atoms with Crippen molar-refractivity contribution in [1.82, 2.24) is 10.2 Å². The van der Waals surface area contributed by atoms with Gasteiger partial charge in [0.2, 0.25) is 0 Å². The number of hydrogen-bond acceptors (Lipinski definition) is 4. The SMILES string of the molecule is CCCNCC1(CN(C)C(C)CSC)CCCOC1. The van der Waals surface area contributed by atoms with Crippen molar-refractivity contribution < 1.29 is 4.74 Å². The van der Waals surface area contributed by atoms with Gasteiger partial charge in [-0.05, 0) is 46.0 Å². The molecule has 1 aliphatic heterocycles. The van der Waals surface area contributed by atoms with E-state index in [0.29, 0.717) is 11.5 Å². The van der Waals surface area contributed by atoms with Crippen molar-refractivity contribution in [2.45, 2.75) is 39.2 Å². The summed E-state index contributed by atoms with van der Waals surface area (Å²) in [6.07, 6.45) is 5.89. The van der Waals surface area contributed by atoms with Gasteiger partial charge in [0.1, 0.15) is 0 Å². The predicted molar refractivity (Wildman–Crippen MR) is 86.1 cm³/mol. The Morgan fingerprint density at radius 1 is 1.47 bits per heavy atom. The van der Waals surface area contributed by atoms with Gasteiger partial charge in [0.15, 0.2) is 0 Å². The summed E-state index contributed by atoms with van der Waals surface area (Å²) in [4.78, 5) is 2.51. The van der Waals surface area contributed by atoms with E-state index >= 15 is 0 Å². The Hall–Kier alpha value is 0.230. The van der Waals surface area contributed by atoms with Crippen molar-refractivity contribution in [3.05, 3.63) is 0 Å². The van der Waals surface area contributed by atoms with Crippen LogP contribution in [0.5, 0.6) is 0 Å². The van der Waals surface area contributed by atoms with Crippen molar-refractivity contribution in [3.8, 4) is 0 Å². The largest absolute Gasteiger partial charge is 0.381 e. The first kappa shape index (κ1) is 17.3. The maximum Gasteiger partial charge on any atom is 0.0546 e. The van der Waals surface area contributed by atoms with E-state index < -0.39 is 0 Å². The fraction of sp³-hybridized carbons (Fsp3) is 1.00. The van der Waals surface area contributed by atoms with Gasteiger partial charge >= 0.3 is 0 Å². The van der Waals surface area contributed by atoms with Crippen molar-refractivity contribution in [1.29, 1.82) is 0 Å². The van der Waals surface area contributed by atoms with Crippen molar-refractivity contribution in [2.24, 2.45) is 5.41 Å². The smallest absolute Gasteiger partial charge is 0.0546 e. The molecule has 0 aliphatic carbocycles. The Kier molecular flexibility index (Phi) is 8.38. The minimum Gasteiger partial charge on any atom is -0.381 e. The number of rotatable bonds is 9. The Labute approximate surface area is 123 Å². The molecule has 0 aromatic carbocycles. The molecular formula is C15H32N2OS. The van der Waals surface area contributed by atoms with Gasteiger partial charge in [0, 0.05) is 36.9 Å². The van der Waals surface area contributed by atoms with Gasteiger partial charge in [-0.3, -0.25) is 0 Å². The lowest BCUT2D eigenvalue weighted by Gasteiger charge is -2.41. The number of hydrogen-bond donors (Lipinski definition) is 1. The van der Waals surface area contributed by atoms with Crippen LogP contribution < -0.4 is 5.32 Å². The average Bonchev–Trinajstić information content (AvgIpc) is 2.40. The van der Waals surface area contributed by atoms with Crippen LogP contribution in [-0.4, -0.2) is 62.8 Å². The molecule has 114 valence electrons. The zero-order chi connectivity index (χ0) is 14.1. The van der Waals surface area contributed by atoms with Gasteiger partial charge in [-0.25, -0.2) is 0 Å². The Morgan fingerprint density at radius 2 is 2.26 bits per heavy atom. The summed E-state index contributed by atoms with van der Waals surface area (Å²) in [6.45, 7) is 9.77. The minimum atomic E-state index is 0.314. The van der Waals surface area contributed by atoms with Gasteiger partial charge in [0.25, 0.3) is 0 Å². The topological polar surface area (TPSA) is 24.5 Å². The Bertz CT molecular complexity index is 232. The Morgan fingerprint density at radius 3 is 2.84 bits per heavy atom. The summed E-state index contributed by atoms with van der Waals surface area (Å²) < 4.78 is 5.78. The van der Waals surface area contributed by atoms with Gasteiger partial charge in [-0.15, -0.1) is 0 Å². The number of ether oxygens (including phenoxy) is 1. The average molecular weight is 289 g/mol. The molecule has 2 atom stereocenters. The molecule has 1 fully saturated rings. The van der Waals surface area contributed by atoms with Crippen LogP contribution in [0.3, 0.4) is 0 Å². The van der Waals surface area contributed by atoms with E-state index in [9.17, 15) is 0 Å². The third-order valence-corrected chi connectivity index (χ3v) is 4.89. The zero-order valence-electron chi connectivity index (χ0n) is 13.2. The standard InChI is InChI=1S/C15H32N2OS/c1-5-8-16-11-15(7-6-9-18-13-15)12-17(3)14(2)10-19-4/h14,16H,5-13H2,1-4H3. The first-order chi connectivity index (χ1) is 9.13. The molecule has 1 saturated heterocycles. The fourth-order valence-electron chi connectivity index (χ4n) is 2.81. The molecule has 0 aromatic heterocycles. The highest BCUT2D eigenvalue weighted by atomic mass is 32.2.